The van der Waals surface area contributed by atoms with Crippen LogP contribution in [0.4, 0.5) is 0 Å². The van der Waals surface area contributed by atoms with E-state index in [1.807, 2.05) is 0 Å². The van der Waals surface area contributed by atoms with Gasteiger partial charge in [-0.15, -0.1) is 0 Å². The van der Waals surface area contributed by atoms with E-state index in [9.17, 15) is 14.4 Å². The van der Waals surface area contributed by atoms with Crippen LogP contribution in [0.1, 0.15) is 27.6 Å². The van der Waals surface area contributed by atoms with E-state index in [0.29, 0.717) is 43.1 Å². The van der Waals surface area contributed by atoms with Crippen LogP contribution < -0.4 is 11.1 Å². The second-order valence-electron chi connectivity index (χ2n) is 6.31. The van der Waals surface area contributed by atoms with E-state index < -0.39 is 6.04 Å². The number of benzene rings is 1. The van der Waals surface area contributed by atoms with Crippen molar-refractivity contribution in [1.82, 2.24) is 15.1 Å². The summed E-state index contributed by atoms with van der Waals surface area (Å²) < 4.78 is 0. The number of nitrogens with zero attached hydrogens (tertiary/aromatic N) is 2. The van der Waals surface area contributed by atoms with E-state index >= 15 is 0 Å². The Morgan fingerprint density at radius 1 is 1.15 bits per heavy atom. The standard InChI is InChI=1S/C18H26N4O3S/c1-13(23)14-4-2-3-5-15(14)17(24)20-6-7-21-8-10-22(11-9-21)18(25)16(19)12-26/h2-5,16,26H,6-12,19H2,1H3,(H,20,24). The zero-order chi connectivity index (χ0) is 19.1. The average molecular weight is 378 g/mol. The number of Topliss-reactive ketones (excluding diaryl/α,β-unsaturated/α-hetero) is 1. The highest BCUT2D eigenvalue weighted by atomic mass is 32.1. The quantitative estimate of drug-likeness (QED) is 0.459. The fourth-order valence-corrected chi connectivity index (χ4v) is 3.07. The number of amides is 2. The van der Waals surface area contributed by atoms with Gasteiger partial charge in [-0.3, -0.25) is 19.3 Å². The van der Waals surface area contributed by atoms with Crippen molar-refractivity contribution in [3.05, 3.63) is 35.4 Å². The monoisotopic (exact) mass is 378 g/mol. The van der Waals surface area contributed by atoms with Crippen LogP contribution in [-0.2, 0) is 4.79 Å². The summed E-state index contributed by atoms with van der Waals surface area (Å²) in [5.74, 6) is -0.0959. The van der Waals surface area contributed by atoms with Crippen LogP contribution in [0.25, 0.3) is 0 Å². The summed E-state index contributed by atoms with van der Waals surface area (Å²) >= 11 is 4.06. The lowest BCUT2D eigenvalue weighted by molar-refractivity contribution is -0.133. The fraction of sp³-hybridized carbons (Fsp3) is 0.500. The molecule has 1 aromatic carbocycles. The third-order valence-electron chi connectivity index (χ3n) is 4.46. The number of nitrogens with two attached hydrogens (primary N) is 1. The normalized spacial score (nSPS) is 16.2. The number of carbonyl (C=O) groups is 3. The topological polar surface area (TPSA) is 95.7 Å². The summed E-state index contributed by atoms with van der Waals surface area (Å²) in [7, 11) is 0. The van der Waals surface area contributed by atoms with Gasteiger partial charge in [-0.25, -0.2) is 0 Å². The number of nitrogens with one attached hydrogen (secondary N) is 1. The largest absolute Gasteiger partial charge is 0.351 e. The SMILES string of the molecule is CC(=O)c1ccccc1C(=O)NCCN1CCN(C(=O)C(N)CS)CC1. The number of carbonyl (C=O) groups excluding carboxylic acids is 3. The number of hydrogen-bond donors (Lipinski definition) is 3. The molecule has 0 aromatic heterocycles. The van der Waals surface area contributed by atoms with E-state index in [0.717, 1.165) is 13.1 Å². The summed E-state index contributed by atoms with van der Waals surface area (Å²) in [6, 6.07) is 6.25. The highest BCUT2D eigenvalue weighted by Crippen LogP contribution is 2.09. The Labute approximate surface area is 159 Å². The van der Waals surface area contributed by atoms with Crippen molar-refractivity contribution in [1.29, 1.82) is 0 Å². The molecule has 7 nitrogen and oxygen atoms in total. The molecular weight excluding hydrogens is 352 g/mol. The van der Waals surface area contributed by atoms with E-state index in [1.54, 1.807) is 29.2 Å². The Kier molecular flexibility index (Phi) is 7.62. The van der Waals surface area contributed by atoms with Crippen molar-refractivity contribution in [2.24, 2.45) is 5.73 Å². The predicted octanol–water partition coefficient (Wildman–Crippen LogP) is 0.0203. The van der Waals surface area contributed by atoms with Crippen LogP contribution in [0.2, 0.25) is 0 Å². The Bertz CT molecular complexity index is 660. The molecule has 2 amide bonds. The molecule has 1 heterocycles. The van der Waals surface area contributed by atoms with Gasteiger partial charge in [0.15, 0.2) is 5.78 Å². The Morgan fingerprint density at radius 2 is 1.77 bits per heavy atom. The predicted molar refractivity (Wildman–Crippen MR) is 104 cm³/mol. The first-order valence-corrected chi connectivity index (χ1v) is 9.33. The van der Waals surface area contributed by atoms with Crippen molar-refractivity contribution in [3.8, 4) is 0 Å². The molecule has 26 heavy (non-hydrogen) atoms. The van der Waals surface area contributed by atoms with E-state index in [2.05, 4.69) is 22.8 Å². The Morgan fingerprint density at radius 3 is 2.35 bits per heavy atom. The summed E-state index contributed by atoms with van der Waals surface area (Å²) in [5, 5.41) is 2.86. The van der Waals surface area contributed by atoms with E-state index in [1.165, 1.54) is 6.92 Å². The lowest BCUT2D eigenvalue weighted by atomic mass is 10.0. The molecule has 0 bridgehead atoms. The van der Waals surface area contributed by atoms with Crippen LogP contribution in [0, 0.1) is 0 Å². The molecule has 1 aliphatic heterocycles. The molecule has 142 valence electrons. The van der Waals surface area contributed by atoms with Crippen molar-refractivity contribution >= 4 is 30.2 Å². The summed E-state index contributed by atoms with van der Waals surface area (Å²) in [6.45, 7) is 5.36. The zero-order valence-corrected chi connectivity index (χ0v) is 15.9. The third kappa shape index (κ3) is 5.30. The van der Waals surface area contributed by atoms with Gasteiger partial charge in [0.25, 0.3) is 5.91 Å². The van der Waals surface area contributed by atoms with Crippen LogP contribution in [-0.4, -0.2) is 78.5 Å². The Balaban J connectivity index is 1.77. The minimum atomic E-state index is -0.550. The van der Waals surface area contributed by atoms with Gasteiger partial charge >= 0.3 is 0 Å². The summed E-state index contributed by atoms with van der Waals surface area (Å²) in [5.41, 5.74) is 6.56. The van der Waals surface area contributed by atoms with Gasteiger partial charge in [-0.1, -0.05) is 18.2 Å². The zero-order valence-electron chi connectivity index (χ0n) is 15.0. The van der Waals surface area contributed by atoms with Crippen molar-refractivity contribution in [2.45, 2.75) is 13.0 Å². The molecule has 0 radical (unpaired) electrons. The van der Waals surface area contributed by atoms with Gasteiger partial charge < -0.3 is 16.0 Å². The second kappa shape index (κ2) is 9.70. The van der Waals surface area contributed by atoms with Crippen molar-refractivity contribution in [2.75, 3.05) is 45.0 Å². The first-order chi connectivity index (χ1) is 12.4. The van der Waals surface area contributed by atoms with Gasteiger partial charge in [0.05, 0.1) is 11.6 Å². The maximum atomic E-state index is 12.3. The van der Waals surface area contributed by atoms with Gasteiger partial charge in [0.1, 0.15) is 0 Å². The molecule has 1 unspecified atom stereocenters. The Hall–Kier alpha value is -1.90. The fourth-order valence-electron chi connectivity index (χ4n) is 2.92. The third-order valence-corrected chi connectivity index (χ3v) is 4.86. The minimum absolute atomic E-state index is 0.0613. The molecule has 3 N–H and O–H groups in total. The maximum absolute atomic E-state index is 12.3. The molecule has 1 aliphatic rings. The van der Waals surface area contributed by atoms with Crippen LogP contribution in [0.5, 0.6) is 0 Å². The molecule has 0 spiro atoms. The molecule has 0 aliphatic carbocycles. The lowest BCUT2D eigenvalue weighted by Gasteiger charge is -2.35. The number of ketones is 1. The van der Waals surface area contributed by atoms with E-state index in [4.69, 9.17) is 5.73 Å². The first-order valence-electron chi connectivity index (χ1n) is 8.69. The van der Waals surface area contributed by atoms with Gasteiger partial charge in [0, 0.05) is 50.6 Å². The lowest BCUT2D eigenvalue weighted by Crippen LogP contribution is -2.54. The molecular formula is C18H26N4O3S. The molecule has 2 rings (SSSR count). The highest BCUT2D eigenvalue weighted by Gasteiger charge is 2.24. The van der Waals surface area contributed by atoms with Crippen LogP contribution >= 0.6 is 12.6 Å². The van der Waals surface area contributed by atoms with Crippen LogP contribution in [0.15, 0.2) is 24.3 Å². The van der Waals surface area contributed by atoms with E-state index in [-0.39, 0.29) is 17.6 Å². The molecule has 1 fully saturated rings. The summed E-state index contributed by atoms with van der Waals surface area (Å²) in [4.78, 5) is 39.9. The molecule has 1 saturated heterocycles. The van der Waals surface area contributed by atoms with Gasteiger partial charge in [-0.2, -0.15) is 12.6 Å². The highest BCUT2D eigenvalue weighted by molar-refractivity contribution is 7.80. The summed E-state index contributed by atoms with van der Waals surface area (Å²) in [6.07, 6.45) is 0. The van der Waals surface area contributed by atoms with Gasteiger partial charge in [0.2, 0.25) is 5.91 Å². The first kappa shape index (κ1) is 20.4. The molecule has 1 aromatic rings. The smallest absolute Gasteiger partial charge is 0.252 e. The molecule has 8 heteroatoms. The molecule has 1 atom stereocenters. The second-order valence-corrected chi connectivity index (χ2v) is 6.68. The average Bonchev–Trinajstić information content (AvgIpc) is 2.67. The number of piperazine rings is 1. The maximum Gasteiger partial charge on any atom is 0.252 e. The van der Waals surface area contributed by atoms with Crippen LogP contribution in [0.3, 0.4) is 0 Å². The minimum Gasteiger partial charge on any atom is -0.351 e. The number of hydrogen-bond acceptors (Lipinski definition) is 6. The van der Waals surface area contributed by atoms with Crippen molar-refractivity contribution < 1.29 is 14.4 Å². The van der Waals surface area contributed by atoms with Gasteiger partial charge in [-0.05, 0) is 13.0 Å². The molecule has 0 saturated carbocycles. The number of thiol groups is 1. The number of rotatable bonds is 7. The van der Waals surface area contributed by atoms with Crippen molar-refractivity contribution in [3.63, 3.8) is 0 Å².